The third-order valence-electron chi connectivity index (χ3n) is 4.48. The molecule has 0 aromatic carbocycles. The zero-order valence-electron chi connectivity index (χ0n) is 21.3. The average molecular weight is 539 g/mol. The predicted octanol–water partition coefficient (Wildman–Crippen LogP) is 4.54. The van der Waals surface area contributed by atoms with E-state index in [2.05, 4.69) is 0 Å². The van der Waals surface area contributed by atoms with Crippen molar-refractivity contribution in [3.8, 4) is 0 Å². The lowest BCUT2D eigenvalue weighted by Crippen LogP contribution is -2.55. The maximum absolute atomic E-state index is 13.0. The minimum Gasteiger partial charge on any atom is -0.436 e. The molecule has 13 heteroatoms. The van der Waals surface area contributed by atoms with Gasteiger partial charge in [0, 0.05) is 26.2 Å². The van der Waals surface area contributed by atoms with Gasteiger partial charge in [0.2, 0.25) is 0 Å². The molecule has 0 bridgehead atoms. The van der Waals surface area contributed by atoms with Gasteiger partial charge in [-0.3, -0.25) is 0 Å². The van der Waals surface area contributed by atoms with Gasteiger partial charge in [0.05, 0.1) is 25.4 Å². The Hall–Kier alpha value is 0.161. The summed E-state index contributed by atoms with van der Waals surface area (Å²) in [5.41, 5.74) is 0. The topological polar surface area (TPSA) is 86.6 Å². The predicted molar refractivity (Wildman–Crippen MR) is 129 cm³/mol. The van der Waals surface area contributed by atoms with Crippen LogP contribution in [0.3, 0.4) is 0 Å². The molecular weight excluding hydrogens is 493 g/mol. The summed E-state index contributed by atoms with van der Waals surface area (Å²) in [5.74, 6) is 0. The van der Waals surface area contributed by atoms with Gasteiger partial charge in [-0.25, -0.2) is 0 Å². The summed E-state index contributed by atoms with van der Waals surface area (Å²) in [4.78, 5) is 0. The van der Waals surface area contributed by atoms with Gasteiger partial charge in [-0.1, -0.05) is 0 Å². The Balaban J connectivity index is 4.90. The molecular formula is C20H45F3O7Si3. The van der Waals surface area contributed by atoms with Crippen molar-refractivity contribution in [2.24, 2.45) is 0 Å². The van der Waals surface area contributed by atoms with Crippen molar-refractivity contribution >= 4 is 25.4 Å². The summed E-state index contributed by atoms with van der Waals surface area (Å²) >= 11 is 0. The molecule has 0 aliphatic rings. The van der Waals surface area contributed by atoms with E-state index in [1.165, 1.54) is 0 Å². The second-order valence-electron chi connectivity index (χ2n) is 9.77. The van der Waals surface area contributed by atoms with Crippen molar-refractivity contribution in [1.29, 1.82) is 0 Å². The van der Waals surface area contributed by atoms with Crippen LogP contribution in [0.25, 0.3) is 0 Å². The van der Waals surface area contributed by atoms with Gasteiger partial charge in [-0.2, -0.15) is 13.2 Å². The van der Waals surface area contributed by atoms with E-state index in [1.54, 1.807) is 20.4 Å². The van der Waals surface area contributed by atoms with E-state index in [1.807, 2.05) is 26.2 Å². The standard InChI is InChI=1S/C20H45F3O7Si3/c1-18(24)16-26-11-8-13-28-32(5,6)30-33(7,15-10-20(21,22)23)29-31(3,4)14-9-12-27-17-19(2)25/h18-19,24-25H,8-17H2,1-7H3. The van der Waals surface area contributed by atoms with Crippen LogP contribution < -0.4 is 0 Å². The molecule has 0 radical (unpaired) electrons. The number of hydrogen-bond acceptors (Lipinski definition) is 7. The lowest BCUT2D eigenvalue weighted by molar-refractivity contribution is -0.131. The Kier molecular flexibility index (Phi) is 15.4. The lowest BCUT2D eigenvalue weighted by Gasteiger charge is -2.40. The Morgan fingerprint density at radius 2 is 1.27 bits per heavy atom. The second kappa shape index (κ2) is 15.3. The van der Waals surface area contributed by atoms with Gasteiger partial charge in [-0.05, 0) is 71.5 Å². The first-order chi connectivity index (χ1) is 15.0. The highest BCUT2D eigenvalue weighted by atomic mass is 28.5. The van der Waals surface area contributed by atoms with Crippen molar-refractivity contribution in [2.75, 3.05) is 33.0 Å². The average Bonchev–Trinajstić information content (AvgIpc) is 2.60. The van der Waals surface area contributed by atoms with Gasteiger partial charge < -0.3 is 32.3 Å². The Bertz CT molecular complexity index is 524. The first-order valence-corrected chi connectivity index (χ1v) is 20.0. The van der Waals surface area contributed by atoms with E-state index in [4.69, 9.17) is 22.1 Å². The highest BCUT2D eigenvalue weighted by Gasteiger charge is 2.46. The molecule has 0 amide bonds. The molecule has 0 spiro atoms. The summed E-state index contributed by atoms with van der Waals surface area (Å²) < 4.78 is 68.4. The number of aliphatic hydroxyl groups excluding tert-OH is 2. The molecule has 33 heavy (non-hydrogen) atoms. The van der Waals surface area contributed by atoms with Gasteiger partial charge >= 0.3 is 23.3 Å². The van der Waals surface area contributed by atoms with Crippen LogP contribution in [0.15, 0.2) is 0 Å². The van der Waals surface area contributed by atoms with Crippen molar-refractivity contribution in [3.63, 3.8) is 0 Å². The molecule has 0 aliphatic heterocycles. The number of aliphatic hydroxyl groups is 2. The molecule has 0 saturated carbocycles. The summed E-state index contributed by atoms with van der Waals surface area (Å²) in [6.45, 7) is 14.4. The number of ether oxygens (including phenoxy) is 2. The van der Waals surface area contributed by atoms with Gasteiger partial charge in [0.15, 0.2) is 8.32 Å². The highest BCUT2D eigenvalue weighted by molar-refractivity contribution is 6.87. The van der Waals surface area contributed by atoms with Gasteiger partial charge in [-0.15, -0.1) is 0 Å². The summed E-state index contributed by atoms with van der Waals surface area (Å²) in [7, 11) is -8.23. The zero-order chi connectivity index (χ0) is 25.8. The second-order valence-corrected chi connectivity index (χ2v) is 21.3. The van der Waals surface area contributed by atoms with Crippen molar-refractivity contribution in [3.05, 3.63) is 0 Å². The Morgan fingerprint density at radius 1 is 0.758 bits per heavy atom. The van der Waals surface area contributed by atoms with Crippen LogP contribution in [-0.4, -0.2) is 87.1 Å². The van der Waals surface area contributed by atoms with Crippen LogP contribution >= 0.6 is 0 Å². The van der Waals surface area contributed by atoms with E-state index in [-0.39, 0.29) is 19.3 Å². The summed E-state index contributed by atoms with van der Waals surface area (Å²) in [6.07, 6.45) is -4.99. The fraction of sp³-hybridized carbons (Fsp3) is 1.00. The molecule has 200 valence electrons. The van der Waals surface area contributed by atoms with Crippen LogP contribution in [0, 0.1) is 0 Å². The van der Waals surface area contributed by atoms with Crippen LogP contribution in [-0.2, 0) is 22.1 Å². The summed E-state index contributed by atoms with van der Waals surface area (Å²) in [6, 6.07) is 0.539. The van der Waals surface area contributed by atoms with E-state index in [9.17, 15) is 23.4 Å². The minimum atomic E-state index is -4.28. The largest absolute Gasteiger partial charge is 0.436 e. The monoisotopic (exact) mass is 538 g/mol. The molecule has 0 heterocycles. The van der Waals surface area contributed by atoms with Gasteiger partial charge in [0.25, 0.3) is 0 Å². The molecule has 0 aromatic rings. The van der Waals surface area contributed by atoms with E-state index < -0.39 is 50.2 Å². The molecule has 0 fully saturated rings. The van der Waals surface area contributed by atoms with E-state index >= 15 is 0 Å². The van der Waals surface area contributed by atoms with E-state index in [0.29, 0.717) is 38.7 Å². The normalized spacial score (nSPS) is 17.1. The van der Waals surface area contributed by atoms with Crippen LogP contribution in [0.5, 0.6) is 0 Å². The van der Waals surface area contributed by atoms with Crippen LogP contribution in [0.1, 0.15) is 33.1 Å². The quantitative estimate of drug-likeness (QED) is 0.184. The fourth-order valence-electron chi connectivity index (χ4n) is 3.26. The zero-order valence-corrected chi connectivity index (χ0v) is 24.3. The number of halogens is 3. The SMILES string of the molecule is CC(O)COCCCO[Si](C)(C)O[Si](C)(CCC(F)(F)F)O[Si](C)(C)CCCOCC(C)O. The van der Waals surface area contributed by atoms with Crippen LogP contribution in [0.4, 0.5) is 13.2 Å². The Labute approximate surface area is 200 Å². The third-order valence-corrected chi connectivity index (χ3v) is 15.7. The molecule has 2 N–H and O–H groups in total. The number of alkyl halides is 3. The number of rotatable bonds is 19. The maximum atomic E-state index is 13.0. The van der Waals surface area contributed by atoms with E-state index in [0.717, 1.165) is 0 Å². The molecule has 3 atom stereocenters. The van der Waals surface area contributed by atoms with Gasteiger partial charge in [0.1, 0.15) is 0 Å². The van der Waals surface area contributed by atoms with Crippen molar-refractivity contribution in [1.82, 2.24) is 0 Å². The molecule has 0 rings (SSSR count). The molecule has 0 aliphatic carbocycles. The highest BCUT2D eigenvalue weighted by Crippen LogP contribution is 2.32. The fourth-order valence-corrected chi connectivity index (χ4v) is 16.5. The third kappa shape index (κ3) is 20.1. The molecule has 7 nitrogen and oxygen atoms in total. The molecule has 3 unspecified atom stereocenters. The summed E-state index contributed by atoms with van der Waals surface area (Å²) in [5, 5.41) is 18.5. The first-order valence-electron chi connectivity index (χ1n) is 11.6. The maximum Gasteiger partial charge on any atom is 0.389 e. The minimum absolute atomic E-state index is 0.178. The number of hydrogen-bond donors (Lipinski definition) is 2. The lowest BCUT2D eigenvalue weighted by atomic mass is 10.4. The Morgan fingerprint density at radius 3 is 1.76 bits per heavy atom. The first kappa shape index (κ1) is 33.2. The molecule has 0 saturated heterocycles. The molecule has 0 aromatic heterocycles. The van der Waals surface area contributed by atoms with Crippen molar-refractivity contribution in [2.45, 2.75) is 96.3 Å². The van der Waals surface area contributed by atoms with Crippen molar-refractivity contribution < 1.29 is 45.5 Å². The van der Waals surface area contributed by atoms with Crippen LogP contribution in [0.2, 0.25) is 44.8 Å². The smallest absolute Gasteiger partial charge is 0.389 e.